The smallest absolute Gasteiger partial charge is 0.303 e. The van der Waals surface area contributed by atoms with Gasteiger partial charge in [0.15, 0.2) is 12.4 Å². The normalized spacial score (nSPS) is 51.1. The van der Waals surface area contributed by atoms with Gasteiger partial charge in [0, 0.05) is 25.2 Å². The van der Waals surface area contributed by atoms with Gasteiger partial charge in [-0.15, -0.1) is 0 Å². The highest BCUT2D eigenvalue weighted by molar-refractivity contribution is 5.92. The van der Waals surface area contributed by atoms with Gasteiger partial charge in [-0.05, 0) is 49.0 Å². The lowest BCUT2D eigenvalue weighted by Crippen LogP contribution is -2.67. The Balaban J connectivity index is 1.52. The number of fused-ring (bicyclic) bond motifs is 3. The highest BCUT2D eigenvalue weighted by atomic mass is 16.6. The number of carbonyl (C=O) groups excluding carboxylic acids is 3. The lowest BCUT2D eigenvalue weighted by molar-refractivity contribution is -0.205. The summed E-state index contributed by atoms with van der Waals surface area (Å²) in [6.07, 6.45) is 3.94. The molecule has 8 atom stereocenters. The third kappa shape index (κ3) is 2.24. The molecule has 3 saturated carbocycles. The van der Waals surface area contributed by atoms with Crippen LogP contribution in [0.25, 0.3) is 0 Å². The van der Waals surface area contributed by atoms with Crippen LogP contribution in [0.2, 0.25) is 0 Å². The SMILES string of the molecule is CC(=O)OCC(=O)[C@@]1(O)C[C@@H]2O[C@@]23[C@@H]2CCC4=CC(=O)CC[C@]4(C)[C@@H]2[C@H](O)C[C@]31C. The first-order chi connectivity index (χ1) is 14.0. The molecule has 0 aromatic heterocycles. The Morgan fingerprint density at radius 3 is 2.70 bits per heavy atom. The third-order valence-electron chi connectivity index (χ3n) is 9.32. The van der Waals surface area contributed by atoms with Crippen LogP contribution in [0.3, 0.4) is 0 Å². The van der Waals surface area contributed by atoms with E-state index in [4.69, 9.17) is 9.47 Å². The van der Waals surface area contributed by atoms with Crippen molar-refractivity contribution < 1.29 is 34.1 Å². The molecule has 0 bridgehead atoms. The van der Waals surface area contributed by atoms with Gasteiger partial charge in [0.25, 0.3) is 0 Å². The lowest BCUT2D eigenvalue weighted by atomic mass is 9.44. The Bertz CT molecular complexity index is 879. The molecule has 0 unspecified atom stereocenters. The Labute approximate surface area is 175 Å². The summed E-state index contributed by atoms with van der Waals surface area (Å²) in [6.45, 7) is 4.76. The molecule has 0 aromatic carbocycles. The molecule has 0 aromatic rings. The van der Waals surface area contributed by atoms with E-state index in [1.807, 2.05) is 6.92 Å². The van der Waals surface area contributed by atoms with Crippen molar-refractivity contribution in [2.45, 2.75) is 82.7 Å². The number of carbonyl (C=O) groups is 3. The van der Waals surface area contributed by atoms with Crippen LogP contribution in [0, 0.1) is 22.7 Å². The number of hydrogen-bond acceptors (Lipinski definition) is 7. The van der Waals surface area contributed by atoms with Crippen LogP contribution in [0.5, 0.6) is 0 Å². The summed E-state index contributed by atoms with van der Waals surface area (Å²) in [7, 11) is 0. The van der Waals surface area contributed by atoms with Crippen molar-refractivity contribution in [3.63, 3.8) is 0 Å². The Kier molecular flexibility index (Phi) is 4.08. The molecule has 30 heavy (non-hydrogen) atoms. The predicted octanol–water partition coefficient (Wildman–Crippen LogP) is 1.48. The summed E-state index contributed by atoms with van der Waals surface area (Å²) < 4.78 is 11.2. The van der Waals surface area contributed by atoms with E-state index in [0.717, 1.165) is 18.4 Å². The molecule has 0 amide bonds. The molecule has 0 radical (unpaired) electrons. The number of Topliss-reactive ketones (excluding diaryl/α,β-unsaturated/α-hetero) is 1. The zero-order valence-corrected chi connectivity index (χ0v) is 17.8. The lowest BCUT2D eigenvalue weighted by Gasteiger charge is -2.60. The Morgan fingerprint density at radius 1 is 1.27 bits per heavy atom. The standard InChI is InChI=1S/C23H30O7/c1-12(24)29-11-17(27)22(28)10-18-23(30-18)15-5-4-13-8-14(25)6-7-20(13,2)19(15)16(26)9-21(22,23)3/h8,15-16,18-19,26,28H,4-7,9-11H2,1-3H3/t15-,16-,18+,19+,20+,21+,22+,23+/m1/s1. The third-order valence-corrected chi connectivity index (χ3v) is 9.32. The van der Waals surface area contributed by atoms with E-state index >= 15 is 0 Å². The van der Waals surface area contributed by atoms with Crippen molar-refractivity contribution in [1.29, 1.82) is 0 Å². The second kappa shape index (κ2) is 6.02. The highest BCUT2D eigenvalue weighted by Gasteiger charge is 2.86. The molecule has 164 valence electrons. The quantitative estimate of drug-likeness (QED) is 0.527. The predicted molar refractivity (Wildman–Crippen MR) is 104 cm³/mol. The number of aliphatic hydroxyl groups is 2. The van der Waals surface area contributed by atoms with Gasteiger partial charge in [-0.3, -0.25) is 14.4 Å². The van der Waals surface area contributed by atoms with Gasteiger partial charge in [-0.1, -0.05) is 19.4 Å². The van der Waals surface area contributed by atoms with Crippen LogP contribution in [0.4, 0.5) is 0 Å². The largest absolute Gasteiger partial charge is 0.458 e. The van der Waals surface area contributed by atoms with Gasteiger partial charge in [0.2, 0.25) is 5.78 Å². The Hall–Kier alpha value is -1.57. The molecule has 4 aliphatic carbocycles. The second-order valence-corrected chi connectivity index (χ2v) is 10.5. The number of hydrogen-bond donors (Lipinski definition) is 2. The average molecular weight is 418 g/mol. The molecule has 7 heteroatoms. The minimum absolute atomic E-state index is 0.00199. The molecule has 4 fully saturated rings. The number of rotatable bonds is 3. The van der Waals surface area contributed by atoms with Crippen LogP contribution in [0.15, 0.2) is 11.6 Å². The fraction of sp³-hybridized carbons (Fsp3) is 0.783. The maximum Gasteiger partial charge on any atom is 0.303 e. The second-order valence-electron chi connectivity index (χ2n) is 10.5. The molecule has 2 N–H and O–H groups in total. The van der Waals surface area contributed by atoms with Crippen LogP contribution in [-0.2, 0) is 23.9 Å². The molecule has 1 heterocycles. The molecule has 1 saturated heterocycles. The van der Waals surface area contributed by atoms with Gasteiger partial charge in [0.05, 0.1) is 12.2 Å². The van der Waals surface area contributed by atoms with Crippen LogP contribution >= 0.6 is 0 Å². The molecule has 5 aliphatic rings. The first-order valence-corrected chi connectivity index (χ1v) is 11.0. The fourth-order valence-corrected chi connectivity index (χ4v) is 7.84. The van der Waals surface area contributed by atoms with E-state index in [-0.39, 0.29) is 42.0 Å². The topological polar surface area (TPSA) is 113 Å². The summed E-state index contributed by atoms with van der Waals surface area (Å²) in [4.78, 5) is 36.2. The van der Waals surface area contributed by atoms with E-state index in [1.165, 1.54) is 6.92 Å². The monoisotopic (exact) mass is 418 g/mol. The summed E-state index contributed by atoms with van der Waals surface area (Å²) in [6, 6.07) is 0. The summed E-state index contributed by atoms with van der Waals surface area (Å²) in [5.74, 6) is -1.01. The number of esters is 1. The zero-order chi connectivity index (χ0) is 21.7. The van der Waals surface area contributed by atoms with Gasteiger partial charge in [-0.2, -0.15) is 0 Å². The van der Waals surface area contributed by atoms with Crippen molar-refractivity contribution in [1.82, 2.24) is 0 Å². The molecular weight excluding hydrogens is 388 g/mol. The number of epoxide rings is 1. The average Bonchev–Trinajstić information content (AvgIpc) is 3.34. The van der Waals surface area contributed by atoms with Crippen LogP contribution in [-0.4, -0.2) is 57.8 Å². The minimum atomic E-state index is -1.70. The van der Waals surface area contributed by atoms with Crippen molar-refractivity contribution in [3.05, 3.63) is 11.6 Å². The van der Waals surface area contributed by atoms with E-state index < -0.39 is 41.1 Å². The maximum atomic E-state index is 13.0. The van der Waals surface area contributed by atoms with Crippen molar-refractivity contribution in [3.8, 4) is 0 Å². The minimum Gasteiger partial charge on any atom is -0.458 e. The summed E-state index contributed by atoms with van der Waals surface area (Å²) in [5, 5.41) is 23.0. The first-order valence-electron chi connectivity index (χ1n) is 11.0. The van der Waals surface area contributed by atoms with E-state index in [0.29, 0.717) is 12.8 Å². The Morgan fingerprint density at radius 2 is 2.00 bits per heavy atom. The van der Waals surface area contributed by atoms with E-state index in [9.17, 15) is 24.6 Å². The highest BCUT2D eigenvalue weighted by Crippen LogP contribution is 2.77. The van der Waals surface area contributed by atoms with E-state index in [1.54, 1.807) is 6.08 Å². The van der Waals surface area contributed by atoms with E-state index in [2.05, 4.69) is 6.92 Å². The zero-order valence-electron chi connectivity index (χ0n) is 17.8. The van der Waals surface area contributed by atoms with Gasteiger partial charge in [0.1, 0.15) is 11.2 Å². The number of allylic oxidation sites excluding steroid dienone is 1. The molecule has 5 rings (SSSR count). The summed E-state index contributed by atoms with van der Waals surface area (Å²) in [5.41, 5.74) is -2.46. The number of ether oxygens (including phenoxy) is 2. The van der Waals surface area contributed by atoms with Crippen LogP contribution < -0.4 is 0 Å². The molecule has 1 spiro atoms. The molecule has 7 nitrogen and oxygen atoms in total. The maximum absolute atomic E-state index is 13.0. The summed E-state index contributed by atoms with van der Waals surface area (Å²) >= 11 is 0. The molecule has 1 aliphatic heterocycles. The van der Waals surface area contributed by atoms with Gasteiger partial charge in [-0.25, -0.2) is 0 Å². The van der Waals surface area contributed by atoms with Crippen LogP contribution in [0.1, 0.15) is 59.3 Å². The van der Waals surface area contributed by atoms with Crippen molar-refractivity contribution >= 4 is 17.5 Å². The molecular formula is C23H30O7. The number of ketones is 2. The van der Waals surface area contributed by atoms with Gasteiger partial charge < -0.3 is 19.7 Å². The van der Waals surface area contributed by atoms with Crippen molar-refractivity contribution in [2.24, 2.45) is 22.7 Å². The number of aliphatic hydroxyl groups excluding tert-OH is 1. The van der Waals surface area contributed by atoms with Crippen molar-refractivity contribution in [2.75, 3.05) is 6.61 Å². The fourth-order valence-electron chi connectivity index (χ4n) is 7.84. The van der Waals surface area contributed by atoms with Gasteiger partial charge >= 0.3 is 5.97 Å². The first kappa shape index (κ1) is 20.3.